The third-order valence-electron chi connectivity index (χ3n) is 7.02. The van der Waals surface area contributed by atoms with Gasteiger partial charge >= 0.3 is 11.9 Å². The lowest BCUT2D eigenvalue weighted by Crippen LogP contribution is -2.18. The van der Waals surface area contributed by atoms with E-state index in [1.807, 2.05) is 60.7 Å². The molecule has 0 heterocycles. The summed E-state index contributed by atoms with van der Waals surface area (Å²) in [5, 5.41) is 24.9. The standard InChI is InChI=1S/C36H28N2O6/c39-33(29-17-11-25(21-31(29)35(41)42)19-23-7-3-1-4-8-23)37-27-13-15-28(16-14-27)38-34(40)30-18-12-26(22-32(30)36(43)44)20-24-9-5-2-6-10-24/h1-18,21-22H,19-20H2,(H,37,39)(H,38,40)(H,41,42)(H,43,44). The second-order valence-electron chi connectivity index (χ2n) is 10.2. The van der Waals surface area contributed by atoms with Gasteiger partial charge < -0.3 is 20.8 Å². The predicted octanol–water partition coefficient (Wildman–Crippen LogP) is 6.77. The number of carbonyl (C=O) groups excluding carboxylic acids is 2. The second kappa shape index (κ2) is 13.3. The van der Waals surface area contributed by atoms with Crippen LogP contribution in [0.5, 0.6) is 0 Å². The van der Waals surface area contributed by atoms with Crippen LogP contribution in [-0.4, -0.2) is 34.0 Å². The Kier molecular flexibility index (Phi) is 8.91. The first-order valence-corrected chi connectivity index (χ1v) is 13.8. The van der Waals surface area contributed by atoms with Gasteiger partial charge in [0, 0.05) is 11.4 Å². The van der Waals surface area contributed by atoms with E-state index < -0.39 is 23.8 Å². The molecule has 4 N–H and O–H groups in total. The Hall–Kier alpha value is -6.02. The molecule has 8 heteroatoms. The zero-order valence-corrected chi connectivity index (χ0v) is 23.5. The maximum absolute atomic E-state index is 13.0. The van der Waals surface area contributed by atoms with E-state index in [1.54, 1.807) is 36.4 Å². The smallest absolute Gasteiger partial charge is 0.336 e. The lowest BCUT2D eigenvalue weighted by molar-refractivity contribution is 0.0683. The van der Waals surface area contributed by atoms with Crippen molar-refractivity contribution in [2.45, 2.75) is 12.8 Å². The van der Waals surface area contributed by atoms with E-state index in [0.29, 0.717) is 24.2 Å². The Balaban J connectivity index is 1.26. The molecule has 5 aromatic carbocycles. The fourth-order valence-electron chi connectivity index (χ4n) is 4.85. The van der Waals surface area contributed by atoms with Crippen molar-refractivity contribution in [3.63, 3.8) is 0 Å². The summed E-state index contributed by atoms with van der Waals surface area (Å²) >= 11 is 0. The molecule has 0 saturated carbocycles. The average Bonchev–Trinajstić information content (AvgIpc) is 3.03. The maximum Gasteiger partial charge on any atom is 0.336 e. The summed E-state index contributed by atoms with van der Waals surface area (Å²) in [5.74, 6) is -3.60. The van der Waals surface area contributed by atoms with Crippen molar-refractivity contribution in [2.24, 2.45) is 0 Å². The minimum Gasteiger partial charge on any atom is -0.478 e. The van der Waals surface area contributed by atoms with Gasteiger partial charge in [-0.25, -0.2) is 9.59 Å². The Morgan fingerprint density at radius 2 is 0.795 bits per heavy atom. The van der Waals surface area contributed by atoms with Crippen LogP contribution in [0, 0.1) is 0 Å². The summed E-state index contributed by atoms with van der Waals surface area (Å²) < 4.78 is 0. The normalized spacial score (nSPS) is 10.5. The van der Waals surface area contributed by atoms with Crippen LogP contribution < -0.4 is 10.6 Å². The molecular weight excluding hydrogens is 556 g/mol. The van der Waals surface area contributed by atoms with Crippen molar-refractivity contribution in [3.05, 3.63) is 166 Å². The predicted molar refractivity (Wildman–Crippen MR) is 168 cm³/mol. The van der Waals surface area contributed by atoms with Crippen molar-refractivity contribution in [3.8, 4) is 0 Å². The number of carbonyl (C=O) groups is 4. The fraction of sp³-hybridized carbons (Fsp3) is 0.0556. The van der Waals surface area contributed by atoms with Gasteiger partial charge in [-0.1, -0.05) is 72.8 Å². The monoisotopic (exact) mass is 584 g/mol. The number of hydrogen-bond donors (Lipinski definition) is 4. The number of rotatable bonds is 10. The molecular formula is C36H28N2O6. The van der Waals surface area contributed by atoms with Crippen LogP contribution in [-0.2, 0) is 12.8 Å². The Morgan fingerprint density at radius 1 is 0.432 bits per heavy atom. The number of amides is 2. The van der Waals surface area contributed by atoms with Gasteiger partial charge in [-0.3, -0.25) is 9.59 Å². The minimum atomic E-state index is -1.21. The number of anilines is 2. The second-order valence-corrected chi connectivity index (χ2v) is 10.2. The van der Waals surface area contributed by atoms with Crippen LogP contribution in [0.15, 0.2) is 121 Å². The van der Waals surface area contributed by atoms with E-state index in [9.17, 15) is 29.4 Å². The summed E-state index contributed by atoms with van der Waals surface area (Å²) in [7, 11) is 0. The van der Waals surface area contributed by atoms with Crippen molar-refractivity contribution in [1.29, 1.82) is 0 Å². The topological polar surface area (TPSA) is 133 Å². The zero-order chi connectivity index (χ0) is 31.1. The molecule has 0 spiro atoms. The Labute approximate surface area is 253 Å². The van der Waals surface area contributed by atoms with Crippen LogP contribution in [0.2, 0.25) is 0 Å². The summed E-state index contributed by atoms with van der Waals surface area (Å²) in [5.41, 5.74) is 4.16. The molecule has 0 atom stereocenters. The van der Waals surface area contributed by atoms with E-state index in [1.165, 1.54) is 24.3 Å². The summed E-state index contributed by atoms with van der Waals surface area (Å²) in [6, 6.07) is 34.9. The van der Waals surface area contributed by atoms with Crippen molar-refractivity contribution >= 4 is 35.1 Å². The lowest BCUT2D eigenvalue weighted by Gasteiger charge is -2.12. The third kappa shape index (κ3) is 7.24. The van der Waals surface area contributed by atoms with Gasteiger partial charge in [-0.2, -0.15) is 0 Å². The zero-order valence-electron chi connectivity index (χ0n) is 23.5. The SMILES string of the molecule is O=C(O)c1cc(Cc2ccccc2)ccc1C(=O)Nc1ccc(NC(=O)c2ccc(Cc3ccccc3)cc2C(=O)O)cc1. The fourth-order valence-corrected chi connectivity index (χ4v) is 4.85. The molecule has 2 amide bonds. The van der Waals surface area contributed by atoms with E-state index >= 15 is 0 Å². The lowest BCUT2D eigenvalue weighted by atomic mass is 9.98. The number of aromatic carboxylic acids is 2. The van der Waals surface area contributed by atoms with Crippen LogP contribution >= 0.6 is 0 Å². The largest absolute Gasteiger partial charge is 0.478 e. The van der Waals surface area contributed by atoms with Gasteiger partial charge in [0.2, 0.25) is 0 Å². The third-order valence-corrected chi connectivity index (χ3v) is 7.02. The molecule has 0 saturated heterocycles. The maximum atomic E-state index is 13.0. The number of hydrogen-bond acceptors (Lipinski definition) is 4. The van der Waals surface area contributed by atoms with Gasteiger partial charge in [-0.15, -0.1) is 0 Å². The molecule has 44 heavy (non-hydrogen) atoms. The first kappa shape index (κ1) is 29.5. The van der Waals surface area contributed by atoms with E-state index in [4.69, 9.17) is 0 Å². The van der Waals surface area contributed by atoms with Crippen molar-refractivity contribution < 1.29 is 29.4 Å². The highest BCUT2D eigenvalue weighted by atomic mass is 16.4. The molecule has 0 bridgehead atoms. The molecule has 5 rings (SSSR count). The molecule has 0 unspecified atom stereocenters. The molecule has 0 aliphatic heterocycles. The van der Waals surface area contributed by atoms with Crippen molar-refractivity contribution in [1.82, 2.24) is 0 Å². The highest BCUT2D eigenvalue weighted by molar-refractivity contribution is 6.12. The van der Waals surface area contributed by atoms with Crippen LogP contribution in [0.25, 0.3) is 0 Å². The minimum absolute atomic E-state index is 0.0172. The Bertz CT molecular complexity index is 1700. The van der Waals surface area contributed by atoms with E-state index in [2.05, 4.69) is 10.6 Å². The molecule has 5 aromatic rings. The van der Waals surface area contributed by atoms with Gasteiger partial charge in [0.1, 0.15) is 0 Å². The van der Waals surface area contributed by atoms with E-state index in [-0.39, 0.29) is 22.3 Å². The molecule has 218 valence electrons. The molecule has 0 fully saturated rings. The molecule has 0 aliphatic carbocycles. The number of benzene rings is 5. The van der Waals surface area contributed by atoms with Crippen LogP contribution in [0.4, 0.5) is 11.4 Å². The Morgan fingerprint density at radius 3 is 1.14 bits per heavy atom. The number of nitrogens with one attached hydrogen (secondary N) is 2. The van der Waals surface area contributed by atoms with Crippen LogP contribution in [0.3, 0.4) is 0 Å². The van der Waals surface area contributed by atoms with Gasteiger partial charge in [0.15, 0.2) is 0 Å². The van der Waals surface area contributed by atoms with E-state index in [0.717, 1.165) is 22.3 Å². The number of carboxylic acid groups (broad SMARTS) is 2. The quantitative estimate of drug-likeness (QED) is 0.143. The van der Waals surface area contributed by atoms with Crippen molar-refractivity contribution in [2.75, 3.05) is 10.6 Å². The summed E-state index contributed by atoms with van der Waals surface area (Å²) in [6.07, 6.45) is 1.06. The summed E-state index contributed by atoms with van der Waals surface area (Å²) in [6.45, 7) is 0. The first-order valence-electron chi connectivity index (χ1n) is 13.8. The summed E-state index contributed by atoms with van der Waals surface area (Å²) in [4.78, 5) is 49.9. The molecule has 8 nitrogen and oxygen atoms in total. The number of carboxylic acids is 2. The van der Waals surface area contributed by atoms with Crippen LogP contribution in [0.1, 0.15) is 63.7 Å². The molecule has 0 radical (unpaired) electrons. The molecule has 0 aliphatic rings. The van der Waals surface area contributed by atoms with Gasteiger partial charge in [-0.05, 0) is 83.6 Å². The first-order chi connectivity index (χ1) is 21.3. The van der Waals surface area contributed by atoms with Gasteiger partial charge in [0.05, 0.1) is 22.3 Å². The highest BCUT2D eigenvalue weighted by Crippen LogP contribution is 2.21. The molecule has 0 aromatic heterocycles. The van der Waals surface area contributed by atoms with Gasteiger partial charge in [0.25, 0.3) is 11.8 Å². The highest BCUT2D eigenvalue weighted by Gasteiger charge is 2.19. The average molecular weight is 585 g/mol.